The van der Waals surface area contributed by atoms with E-state index in [1.807, 2.05) is 30.3 Å². The molecule has 3 rings (SSSR count). The van der Waals surface area contributed by atoms with Crippen molar-refractivity contribution in [1.29, 1.82) is 0 Å². The molecule has 294 valence electrons. The van der Waals surface area contributed by atoms with Gasteiger partial charge in [0.05, 0.1) is 45.3 Å². The van der Waals surface area contributed by atoms with E-state index >= 15 is 0 Å². The van der Waals surface area contributed by atoms with Gasteiger partial charge < -0.3 is 51.3 Å². The van der Waals surface area contributed by atoms with Crippen LogP contribution in [0, 0.1) is 0 Å². The molecule has 0 saturated heterocycles. The number of ether oxygens (including phenoxy) is 4. The highest BCUT2D eigenvalue weighted by Crippen LogP contribution is 2.30. The average molecular weight is 762 g/mol. The molecule has 1 aromatic heterocycles. The predicted octanol–water partition coefficient (Wildman–Crippen LogP) is 0.620. The molecule has 1 aliphatic rings. The Hall–Kier alpha value is -4.00. The molecule has 0 bridgehead atoms. The van der Waals surface area contributed by atoms with Crippen LogP contribution in [0.3, 0.4) is 0 Å². The Morgan fingerprint density at radius 2 is 1.47 bits per heavy atom. The average Bonchev–Trinajstić information content (AvgIpc) is 3.54. The highest BCUT2D eigenvalue weighted by atomic mass is 32.1. The second-order valence-corrected chi connectivity index (χ2v) is 13.5. The Balaban J connectivity index is 1.07. The maximum Gasteiger partial charge on any atom is 0.246 e. The van der Waals surface area contributed by atoms with E-state index in [4.69, 9.17) is 24.7 Å². The number of hydrogen-bond acceptors (Lipinski definition) is 12. The molecular formula is C36H55N7O9S. The first-order valence-corrected chi connectivity index (χ1v) is 19.0. The van der Waals surface area contributed by atoms with E-state index in [1.165, 1.54) is 4.88 Å². The molecule has 0 radical (unpaired) electrons. The van der Waals surface area contributed by atoms with Gasteiger partial charge in [0.15, 0.2) is 5.13 Å². The maximum absolute atomic E-state index is 12.4. The number of aromatic nitrogens is 1. The van der Waals surface area contributed by atoms with E-state index in [0.717, 1.165) is 43.5 Å². The molecule has 0 saturated carbocycles. The molecule has 1 aromatic carbocycles. The van der Waals surface area contributed by atoms with Crippen molar-refractivity contribution in [1.82, 2.24) is 26.3 Å². The Bertz CT molecular complexity index is 1410. The number of anilines is 1. The normalized spacial score (nSPS) is 14.2. The van der Waals surface area contributed by atoms with Crippen LogP contribution in [0.5, 0.6) is 0 Å². The number of benzene rings is 1. The van der Waals surface area contributed by atoms with Crippen LogP contribution in [0.4, 0.5) is 5.13 Å². The van der Waals surface area contributed by atoms with Crippen molar-refractivity contribution in [3.05, 3.63) is 46.5 Å². The summed E-state index contributed by atoms with van der Waals surface area (Å²) in [5.74, 6) is -1.69. The quantitative estimate of drug-likeness (QED) is 0.0660. The van der Waals surface area contributed by atoms with Crippen LogP contribution < -0.4 is 32.3 Å². The minimum Gasteiger partial charge on any atom is -0.377 e. The topological polar surface area (TPSA) is 221 Å². The first-order valence-electron chi connectivity index (χ1n) is 18.2. The Morgan fingerprint density at radius 1 is 0.830 bits per heavy atom. The smallest absolute Gasteiger partial charge is 0.246 e. The third kappa shape index (κ3) is 19.1. The minimum absolute atomic E-state index is 0.135. The van der Waals surface area contributed by atoms with Gasteiger partial charge in [0.2, 0.25) is 29.5 Å². The van der Waals surface area contributed by atoms with E-state index in [-0.39, 0.29) is 89.8 Å². The van der Waals surface area contributed by atoms with Crippen LogP contribution in [0.15, 0.2) is 30.3 Å². The minimum atomic E-state index is -0.836. The monoisotopic (exact) mass is 761 g/mol. The highest BCUT2D eigenvalue weighted by Gasteiger charge is 2.23. The van der Waals surface area contributed by atoms with Crippen LogP contribution >= 0.6 is 11.3 Å². The number of thiazole rings is 1. The second-order valence-electron chi connectivity index (χ2n) is 12.4. The van der Waals surface area contributed by atoms with Crippen molar-refractivity contribution in [2.24, 2.45) is 5.73 Å². The summed E-state index contributed by atoms with van der Waals surface area (Å²) >= 11 is 1.54. The summed E-state index contributed by atoms with van der Waals surface area (Å²) in [4.78, 5) is 66.0. The zero-order valence-corrected chi connectivity index (χ0v) is 31.4. The first kappa shape index (κ1) is 43.4. The lowest BCUT2D eigenvalue weighted by molar-refractivity contribution is -0.130. The van der Waals surface area contributed by atoms with E-state index < -0.39 is 17.9 Å². The van der Waals surface area contributed by atoms with Gasteiger partial charge >= 0.3 is 0 Å². The highest BCUT2D eigenvalue weighted by molar-refractivity contribution is 7.15. The van der Waals surface area contributed by atoms with E-state index in [2.05, 4.69) is 38.5 Å². The van der Waals surface area contributed by atoms with Crippen molar-refractivity contribution in [2.45, 2.75) is 70.4 Å². The molecule has 1 heterocycles. The van der Waals surface area contributed by atoms with Crippen LogP contribution in [0.25, 0.3) is 0 Å². The number of carbonyl (C=O) groups excluding carboxylic acids is 5. The second kappa shape index (κ2) is 25.9. The molecule has 0 fully saturated rings. The molecule has 0 spiro atoms. The van der Waals surface area contributed by atoms with Gasteiger partial charge in [-0.1, -0.05) is 37.3 Å². The van der Waals surface area contributed by atoms with Gasteiger partial charge in [-0.05, 0) is 44.2 Å². The Labute approximate surface area is 315 Å². The number of nitrogens with one attached hydrogen (secondary N) is 5. The number of fused-ring (bicyclic) bond motifs is 1. The van der Waals surface area contributed by atoms with E-state index in [9.17, 15) is 24.0 Å². The van der Waals surface area contributed by atoms with E-state index in [1.54, 1.807) is 11.3 Å². The summed E-state index contributed by atoms with van der Waals surface area (Å²) in [6.07, 6.45) is 5.21. The summed E-state index contributed by atoms with van der Waals surface area (Å²) in [5.41, 5.74) is 7.36. The molecule has 1 aliphatic carbocycles. The molecule has 0 aliphatic heterocycles. The summed E-state index contributed by atoms with van der Waals surface area (Å²) in [6, 6.07) is 8.86. The van der Waals surface area contributed by atoms with Gasteiger partial charge in [0.25, 0.3) is 0 Å². The number of primary amides is 1. The molecule has 5 amide bonds. The standard InChI is InChI=1S/C36H55N7O9S/c1-2-13-38-27-11-12-28-30(23-27)53-36(42-28)43-32(45)10-6-9-31(44)39-14-16-49-18-20-51-24-33(46)40-15-17-50-19-21-52-25-34(47)41-29(35(37)48)22-26-7-4-3-5-8-26/h3-5,7-8,27,29,38H,2,6,9-25H2,1H3,(H2,37,48)(H,39,44)(H,40,46)(H,41,47)(H,42,43,45)/t27-,29-/m0/s1. The fourth-order valence-corrected chi connectivity index (χ4v) is 6.39. The van der Waals surface area contributed by atoms with Crippen molar-refractivity contribution < 1.29 is 42.9 Å². The SMILES string of the molecule is CCCN[C@H]1CCc2nc(NC(=O)CCCC(=O)NCCOCCOCC(=O)NCCOCCOCC(=O)N[C@@H](Cc3ccccc3)C(N)=O)sc2C1. The molecule has 17 heteroatoms. The lowest BCUT2D eigenvalue weighted by Gasteiger charge is -2.21. The van der Waals surface area contributed by atoms with Gasteiger partial charge in [0, 0.05) is 43.3 Å². The first-order chi connectivity index (χ1) is 25.7. The zero-order valence-electron chi connectivity index (χ0n) is 30.6. The van der Waals surface area contributed by atoms with Gasteiger partial charge in [0.1, 0.15) is 19.3 Å². The summed E-state index contributed by atoms with van der Waals surface area (Å²) in [5, 5.41) is 15.1. The van der Waals surface area contributed by atoms with Crippen molar-refractivity contribution >= 4 is 46.0 Å². The number of nitrogens with zero attached hydrogens (tertiary/aromatic N) is 1. The number of hydrogen-bond donors (Lipinski definition) is 6. The summed E-state index contributed by atoms with van der Waals surface area (Å²) in [7, 11) is 0. The van der Waals surface area contributed by atoms with Crippen molar-refractivity contribution in [3.63, 3.8) is 0 Å². The van der Waals surface area contributed by atoms with E-state index in [0.29, 0.717) is 30.7 Å². The number of nitrogens with two attached hydrogens (primary N) is 1. The summed E-state index contributed by atoms with van der Waals surface area (Å²) < 4.78 is 21.4. The summed E-state index contributed by atoms with van der Waals surface area (Å²) in [6.45, 7) is 4.76. The number of rotatable bonds is 28. The third-order valence-electron chi connectivity index (χ3n) is 7.99. The third-order valence-corrected chi connectivity index (χ3v) is 9.02. The van der Waals surface area contributed by atoms with Crippen LogP contribution in [0.1, 0.15) is 55.2 Å². The molecule has 53 heavy (non-hydrogen) atoms. The fourth-order valence-electron chi connectivity index (χ4n) is 5.29. The Morgan fingerprint density at radius 3 is 2.15 bits per heavy atom. The maximum atomic E-state index is 12.4. The number of aryl methyl sites for hydroxylation is 1. The van der Waals surface area contributed by atoms with Crippen LogP contribution in [-0.4, -0.2) is 119 Å². The molecule has 7 N–H and O–H groups in total. The van der Waals surface area contributed by atoms with Crippen molar-refractivity contribution in [2.75, 3.05) is 77.8 Å². The lowest BCUT2D eigenvalue weighted by Crippen LogP contribution is -2.47. The Kier molecular flexibility index (Phi) is 21.2. The molecule has 2 aromatic rings. The van der Waals surface area contributed by atoms with Gasteiger partial charge in [-0.25, -0.2) is 4.98 Å². The molecular weight excluding hydrogens is 707 g/mol. The van der Waals surface area contributed by atoms with Crippen LogP contribution in [0.2, 0.25) is 0 Å². The van der Waals surface area contributed by atoms with Gasteiger partial charge in [-0.2, -0.15) is 0 Å². The van der Waals surface area contributed by atoms with Gasteiger partial charge in [-0.3, -0.25) is 24.0 Å². The zero-order chi connectivity index (χ0) is 38.1. The lowest BCUT2D eigenvalue weighted by atomic mass is 9.98. The van der Waals surface area contributed by atoms with Crippen molar-refractivity contribution in [3.8, 4) is 0 Å². The largest absolute Gasteiger partial charge is 0.377 e. The number of carbonyl (C=O) groups is 5. The van der Waals surface area contributed by atoms with Crippen LogP contribution in [-0.2, 0) is 62.2 Å². The number of amides is 5. The molecule has 2 atom stereocenters. The van der Waals surface area contributed by atoms with Gasteiger partial charge in [-0.15, -0.1) is 11.3 Å². The molecule has 16 nitrogen and oxygen atoms in total. The molecule has 0 unspecified atom stereocenters. The predicted molar refractivity (Wildman–Crippen MR) is 199 cm³/mol. The fraction of sp³-hybridized carbons (Fsp3) is 0.611.